The summed E-state index contributed by atoms with van der Waals surface area (Å²) >= 11 is 0. The minimum Gasteiger partial charge on any atom is -0.422 e. The standard InChI is InChI=1S/C19H22N2O4/c1-2-4-14-5-3-6-15-13-16(19(24)25-17(14)15)18(23)21-9-7-20(8-10-21)11-12-22/h2-3,5-6,13,22H,1,4,7-12H2/p+1. The van der Waals surface area contributed by atoms with Gasteiger partial charge >= 0.3 is 5.63 Å². The van der Waals surface area contributed by atoms with Crippen molar-refractivity contribution in [3.63, 3.8) is 0 Å². The van der Waals surface area contributed by atoms with E-state index in [1.807, 2.05) is 18.2 Å². The maximum Gasteiger partial charge on any atom is 0.349 e. The van der Waals surface area contributed by atoms with Crippen molar-refractivity contribution in [1.29, 1.82) is 0 Å². The van der Waals surface area contributed by atoms with E-state index in [2.05, 4.69) is 6.58 Å². The van der Waals surface area contributed by atoms with Crippen LogP contribution >= 0.6 is 0 Å². The summed E-state index contributed by atoms with van der Waals surface area (Å²) < 4.78 is 5.46. The van der Waals surface area contributed by atoms with Gasteiger partial charge in [0.2, 0.25) is 0 Å². The van der Waals surface area contributed by atoms with Crippen LogP contribution in [0, 0.1) is 0 Å². The van der Waals surface area contributed by atoms with Crippen LogP contribution in [0.25, 0.3) is 11.0 Å². The third-order valence-corrected chi connectivity index (χ3v) is 4.66. The molecule has 0 bridgehead atoms. The van der Waals surface area contributed by atoms with Crippen molar-refractivity contribution in [2.45, 2.75) is 6.42 Å². The maximum absolute atomic E-state index is 12.7. The van der Waals surface area contributed by atoms with Crippen molar-refractivity contribution in [3.05, 3.63) is 58.5 Å². The van der Waals surface area contributed by atoms with E-state index < -0.39 is 5.63 Å². The van der Waals surface area contributed by atoms with Gasteiger partial charge in [0.15, 0.2) is 0 Å². The number of hydrogen-bond acceptors (Lipinski definition) is 4. The van der Waals surface area contributed by atoms with E-state index in [-0.39, 0.29) is 18.1 Å². The highest BCUT2D eigenvalue weighted by molar-refractivity contribution is 5.97. The number of nitrogens with one attached hydrogen (secondary N) is 1. The first-order chi connectivity index (χ1) is 12.1. The molecule has 1 aliphatic rings. The van der Waals surface area contributed by atoms with E-state index in [0.717, 1.165) is 24.0 Å². The summed E-state index contributed by atoms with van der Waals surface area (Å²) in [6, 6.07) is 7.23. The molecule has 132 valence electrons. The number of carbonyl (C=O) groups is 1. The van der Waals surface area contributed by atoms with Crippen molar-refractivity contribution in [2.24, 2.45) is 0 Å². The lowest BCUT2D eigenvalue weighted by Gasteiger charge is -2.31. The predicted molar refractivity (Wildman–Crippen MR) is 94.9 cm³/mol. The molecule has 6 heteroatoms. The molecule has 2 aromatic rings. The number of allylic oxidation sites excluding steroid dienone is 1. The van der Waals surface area contributed by atoms with Crippen LogP contribution in [-0.2, 0) is 6.42 Å². The van der Waals surface area contributed by atoms with E-state index >= 15 is 0 Å². The van der Waals surface area contributed by atoms with Gasteiger partial charge < -0.3 is 19.3 Å². The Morgan fingerprint density at radius 3 is 2.80 bits per heavy atom. The molecule has 1 aromatic carbocycles. The van der Waals surface area contributed by atoms with Crippen LogP contribution in [0.2, 0.25) is 0 Å². The highest BCUT2D eigenvalue weighted by atomic mass is 16.4. The molecule has 1 amide bonds. The van der Waals surface area contributed by atoms with E-state index in [1.165, 1.54) is 4.90 Å². The number of para-hydroxylation sites is 1. The van der Waals surface area contributed by atoms with E-state index in [9.17, 15) is 9.59 Å². The lowest BCUT2D eigenvalue weighted by Crippen LogP contribution is -3.15. The Morgan fingerprint density at radius 1 is 1.36 bits per heavy atom. The Kier molecular flexibility index (Phi) is 5.31. The largest absolute Gasteiger partial charge is 0.422 e. The molecule has 0 aliphatic carbocycles. The van der Waals surface area contributed by atoms with Crippen LogP contribution in [0.3, 0.4) is 0 Å². The maximum atomic E-state index is 12.7. The molecule has 0 unspecified atom stereocenters. The molecule has 0 spiro atoms. The number of rotatable bonds is 5. The lowest BCUT2D eigenvalue weighted by atomic mass is 10.1. The zero-order valence-corrected chi connectivity index (χ0v) is 14.2. The van der Waals surface area contributed by atoms with Gasteiger partial charge in [0, 0.05) is 5.39 Å². The molecule has 3 rings (SSSR count). The number of quaternary nitrogens is 1. The Hall–Kier alpha value is -2.44. The van der Waals surface area contributed by atoms with Gasteiger partial charge in [-0.3, -0.25) is 4.79 Å². The third-order valence-electron chi connectivity index (χ3n) is 4.66. The fourth-order valence-electron chi connectivity index (χ4n) is 3.27. The summed E-state index contributed by atoms with van der Waals surface area (Å²) in [4.78, 5) is 28.0. The first kappa shape index (κ1) is 17.4. The van der Waals surface area contributed by atoms with Crippen LogP contribution in [0.15, 0.2) is 46.1 Å². The van der Waals surface area contributed by atoms with E-state index in [0.29, 0.717) is 31.6 Å². The van der Waals surface area contributed by atoms with Gasteiger partial charge in [-0.05, 0) is 18.1 Å². The van der Waals surface area contributed by atoms with E-state index in [1.54, 1.807) is 17.0 Å². The number of nitrogens with zero attached hydrogens (tertiary/aromatic N) is 1. The van der Waals surface area contributed by atoms with Crippen LogP contribution in [0.4, 0.5) is 0 Å². The second-order valence-corrected chi connectivity index (χ2v) is 6.29. The zero-order chi connectivity index (χ0) is 17.8. The monoisotopic (exact) mass is 343 g/mol. The number of amides is 1. The molecule has 0 radical (unpaired) electrons. The number of aliphatic hydroxyl groups excluding tert-OH is 1. The second kappa shape index (κ2) is 7.63. The Bertz CT molecular complexity index is 835. The molecule has 1 fully saturated rings. The van der Waals surface area contributed by atoms with Gasteiger partial charge in [0.1, 0.15) is 17.7 Å². The quantitative estimate of drug-likeness (QED) is 0.585. The second-order valence-electron chi connectivity index (χ2n) is 6.29. The number of carbonyl (C=O) groups excluding carboxylic acids is 1. The molecule has 0 atom stereocenters. The predicted octanol–water partition coefficient (Wildman–Crippen LogP) is -0.145. The van der Waals surface area contributed by atoms with Crippen LogP contribution in [0.5, 0.6) is 0 Å². The van der Waals surface area contributed by atoms with Gasteiger partial charge in [-0.1, -0.05) is 24.3 Å². The Morgan fingerprint density at radius 2 is 2.12 bits per heavy atom. The Labute approximate surface area is 146 Å². The average molecular weight is 343 g/mol. The SMILES string of the molecule is C=CCc1cccc2cc(C(=O)N3CC[NH+](CCO)CC3)c(=O)oc12. The fraction of sp³-hybridized carbons (Fsp3) is 0.368. The van der Waals surface area contributed by atoms with Gasteiger partial charge in [0.25, 0.3) is 5.91 Å². The summed E-state index contributed by atoms with van der Waals surface area (Å²) in [7, 11) is 0. The molecule has 1 aromatic heterocycles. The molecule has 6 nitrogen and oxygen atoms in total. The van der Waals surface area contributed by atoms with Crippen molar-refractivity contribution in [2.75, 3.05) is 39.3 Å². The summed E-state index contributed by atoms with van der Waals surface area (Å²) in [5, 5.41) is 9.75. The number of fused-ring (bicyclic) bond motifs is 1. The minimum absolute atomic E-state index is 0.0776. The van der Waals surface area contributed by atoms with Gasteiger partial charge in [-0.15, -0.1) is 6.58 Å². The molecule has 25 heavy (non-hydrogen) atoms. The molecular formula is C19H23N2O4+. The molecule has 2 heterocycles. The fourth-order valence-corrected chi connectivity index (χ4v) is 3.27. The zero-order valence-electron chi connectivity index (χ0n) is 14.2. The summed E-state index contributed by atoms with van der Waals surface area (Å²) in [5.74, 6) is -0.284. The van der Waals surface area contributed by atoms with Crippen molar-refractivity contribution < 1.29 is 19.2 Å². The van der Waals surface area contributed by atoms with Crippen LogP contribution < -0.4 is 10.5 Å². The molecule has 0 saturated carbocycles. The summed E-state index contributed by atoms with van der Waals surface area (Å²) in [5.41, 5.74) is 0.874. The highest BCUT2D eigenvalue weighted by Crippen LogP contribution is 2.19. The van der Waals surface area contributed by atoms with Gasteiger partial charge in [0.05, 0.1) is 32.8 Å². The normalized spacial score (nSPS) is 15.5. The van der Waals surface area contributed by atoms with Crippen molar-refractivity contribution in [1.82, 2.24) is 4.90 Å². The minimum atomic E-state index is -0.598. The van der Waals surface area contributed by atoms with Crippen LogP contribution in [-0.4, -0.2) is 55.2 Å². The number of hydrogen-bond donors (Lipinski definition) is 2. The smallest absolute Gasteiger partial charge is 0.349 e. The molecule has 1 saturated heterocycles. The molecular weight excluding hydrogens is 320 g/mol. The topological polar surface area (TPSA) is 75.2 Å². The van der Waals surface area contributed by atoms with E-state index in [4.69, 9.17) is 9.52 Å². The average Bonchev–Trinajstić information content (AvgIpc) is 2.62. The lowest BCUT2D eigenvalue weighted by molar-refractivity contribution is -0.904. The van der Waals surface area contributed by atoms with Crippen LogP contribution in [0.1, 0.15) is 15.9 Å². The number of benzene rings is 1. The summed E-state index contributed by atoms with van der Waals surface area (Å²) in [6.45, 7) is 7.23. The first-order valence-electron chi connectivity index (χ1n) is 8.54. The molecule has 1 aliphatic heterocycles. The highest BCUT2D eigenvalue weighted by Gasteiger charge is 2.26. The summed E-state index contributed by atoms with van der Waals surface area (Å²) in [6.07, 6.45) is 2.35. The Balaban J connectivity index is 1.86. The number of piperazine rings is 1. The van der Waals surface area contributed by atoms with Crippen molar-refractivity contribution in [3.8, 4) is 0 Å². The first-order valence-corrected chi connectivity index (χ1v) is 8.54. The third kappa shape index (κ3) is 3.65. The van der Waals surface area contributed by atoms with Gasteiger partial charge in [-0.25, -0.2) is 4.79 Å². The molecule has 2 N–H and O–H groups in total. The van der Waals surface area contributed by atoms with Crippen molar-refractivity contribution >= 4 is 16.9 Å². The number of aliphatic hydroxyl groups is 1. The van der Waals surface area contributed by atoms with Gasteiger partial charge in [-0.2, -0.15) is 0 Å².